The van der Waals surface area contributed by atoms with Crippen molar-refractivity contribution in [2.45, 2.75) is 25.9 Å². The fourth-order valence-electron chi connectivity index (χ4n) is 1.40. The third kappa shape index (κ3) is 2.98. The maximum Gasteiger partial charge on any atom is 0.169 e. The predicted octanol–water partition coefficient (Wildman–Crippen LogP) is 2.34. The van der Waals surface area contributed by atoms with Gasteiger partial charge in [0.1, 0.15) is 0 Å². The van der Waals surface area contributed by atoms with E-state index in [0.29, 0.717) is 12.1 Å². The summed E-state index contributed by atoms with van der Waals surface area (Å²) < 4.78 is 18.6. The molecule has 0 aliphatic rings. The quantitative estimate of drug-likeness (QED) is 0.770. The van der Waals surface area contributed by atoms with E-state index in [1.54, 1.807) is 18.2 Å². The Morgan fingerprint density at radius 1 is 1.56 bits per heavy atom. The summed E-state index contributed by atoms with van der Waals surface area (Å²) in [4.78, 5) is 0. The van der Waals surface area contributed by atoms with E-state index < -0.39 is 0 Å². The van der Waals surface area contributed by atoms with Crippen molar-refractivity contribution in [1.82, 2.24) is 5.32 Å². The van der Waals surface area contributed by atoms with Crippen LogP contribution in [-0.4, -0.2) is 13.2 Å². The van der Waals surface area contributed by atoms with Crippen molar-refractivity contribution < 1.29 is 9.13 Å². The minimum absolute atomic E-state index is 0.0226. The zero-order chi connectivity index (χ0) is 12.0. The lowest BCUT2D eigenvalue weighted by Crippen LogP contribution is -2.26. The first kappa shape index (κ1) is 12.5. The van der Waals surface area contributed by atoms with Crippen LogP contribution in [-0.2, 0) is 6.54 Å². The highest BCUT2D eigenvalue weighted by atomic mass is 19.1. The van der Waals surface area contributed by atoms with Gasteiger partial charge in [-0.25, -0.2) is 4.39 Å². The molecular formula is C13H16FNO. The molecule has 1 aromatic carbocycles. The molecule has 0 fully saturated rings. The van der Waals surface area contributed by atoms with Gasteiger partial charge in [0.2, 0.25) is 0 Å². The van der Waals surface area contributed by atoms with Crippen LogP contribution in [0.25, 0.3) is 0 Å². The van der Waals surface area contributed by atoms with Crippen molar-refractivity contribution in [3.8, 4) is 18.1 Å². The topological polar surface area (TPSA) is 21.3 Å². The van der Waals surface area contributed by atoms with Crippen LogP contribution in [0.15, 0.2) is 18.2 Å². The van der Waals surface area contributed by atoms with Gasteiger partial charge in [0.05, 0.1) is 13.2 Å². The minimum Gasteiger partial charge on any atom is -0.494 e. The Kier molecular flexibility index (Phi) is 4.81. The number of methoxy groups -OCH3 is 1. The van der Waals surface area contributed by atoms with Gasteiger partial charge in [-0.2, -0.15) is 0 Å². The molecule has 1 unspecified atom stereocenters. The van der Waals surface area contributed by atoms with Gasteiger partial charge in [0.15, 0.2) is 11.6 Å². The third-order valence-electron chi connectivity index (χ3n) is 2.41. The number of hydrogen-bond acceptors (Lipinski definition) is 2. The summed E-state index contributed by atoms with van der Waals surface area (Å²) >= 11 is 0. The molecule has 0 aromatic heterocycles. The minimum atomic E-state index is -0.329. The van der Waals surface area contributed by atoms with E-state index in [2.05, 4.69) is 11.2 Å². The van der Waals surface area contributed by atoms with Crippen LogP contribution in [0.3, 0.4) is 0 Å². The van der Waals surface area contributed by atoms with Gasteiger partial charge in [-0.15, -0.1) is 6.42 Å². The first-order chi connectivity index (χ1) is 7.72. The van der Waals surface area contributed by atoms with Gasteiger partial charge in [0.25, 0.3) is 0 Å². The molecule has 3 heteroatoms. The third-order valence-corrected chi connectivity index (χ3v) is 2.41. The van der Waals surface area contributed by atoms with Crippen molar-refractivity contribution in [1.29, 1.82) is 0 Å². The zero-order valence-electron chi connectivity index (χ0n) is 9.59. The van der Waals surface area contributed by atoms with Gasteiger partial charge in [-0.1, -0.05) is 25.0 Å². The SMILES string of the molecule is C#CC(CC)NCc1cccc(OC)c1F. The lowest BCUT2D eigenvalue weighted by Gasteiger charge is -2.12. The van der Waals surface area contributed by atoms with E-state index in [-0.39, 0.29) is 17.6 Å². The molecule has 86 valence electrons. The fraction of sp³-hybridized carbons (Fsp3) is 0.385. The monoisotopic (exact) mass is 221 g/mol. The molecule has 0 spiro atoms. The number of nitrogens with one attached hydrogen (secondary N) is 1. The molecule has 0 saturated carbocycles. The van der Waals surface area contributed by atoms with Crippen LogP contribution in [0, 0.1) is 18.2 Å². The van der Waals surface area contributed by atoms with Gasteiger partial charge >= 0.3 is 0 Å². The van der Waals surface area contributed by atoms with Gasteiger partial charge < -0.3 is 4.74 Å². The molecule has 2 nitrogen and oxygen atoms in total. The Labute approximate surface area is 95.8 Å². The second-order valence-electron chi connectivity index (χ2n) is 3.44. The standard InChI is InChI=1S/C13H16FNO/c1-4-11(5-2)15-9-10-7-6-8-12(16-3)13(10)14/h1,6-8,11,15H,5,9H2,2-3H3. The number of hydrogen-bond donors (Lipinski definition) is 1. The van der Waals surface area contributed by atoms with Crippen molar-refractivity contribution in [3.63, 3.8) is 0 Å². The fourth-order valence-corrected chi connectivity index (χ4v) is 1.40. The second kappa shape index (κ2) is 6.14. The number of halogens is 1. The largest absolute Gasteiger partial charge is 0.494 e. The first-order valence-corrected chi connectivity index (χ1v) is 5.23. The molecule has 0 radical (unpaired) electrons. The molecule has 1 aromatic rings. The van der Waals surface area contributed by atoms with Crippen molar-refractivity contribution in [3.05, 3.63) is 29.6 Å². The summed E-state index contributed by atoms with van der Waals surface area (Å²) in [6, 6.07) is 5.05. The molecule has 0 saturated heterocycles. The van der Waals surface area contributed by atoms with Crippen LogP contribution in [0.4, 0.5) is 4.39 Å². The lowest BCUT2D eigenvalue weighted by molar-refractivity contribution is 0.383. The highest BCUT2D eigenvalue weighted by Gasteiger charge is 2.09. The van der Waals surface area contributed by atoms with Gasteiger partial charge in [-0.05, 0) is 12.5 Å². The molecule has 1 atom stereocenters. The molecule has 16 heavy (non-hydrogen) atoms. The Hall–Kier alpha value is -1.53. The second-order valence-corrected chi connectivity index (χ2v) is 3.44. The van der Waals surface area contributed by atoms with Crippen LogP contribution in [0.2, 0.25) is 0 Å². The highest BCUT2D eigenvalue weighted by molar-refractivity contribution is 5.31. The summed E-state index contributed by atoms with van der Waals surface area (Å²) in [5.41, 5.74) is 0.563. The summed E-state index contributed by atoms with van der Waals surface area (Å²) in [5, 5.41) is 3.10. The summed E-state index contributed by atoms with van der Waals surface area (Å²) in [6.07, 6.45) is 6.13. The van der Waals surface area contributed by atoms with E-state index in [1.165, 1.54) is 7.11 Å². The average Bonchev–Trinajstić information content (AvgIpc) is 2.32. The maximum atomic E-state index is 13.7. The molecule has 1 rings (SSSR count). The van der Waals surface area contributed by atoms with E-state index in [4.69, 9.17) is 11.2 Å². The highest BCUT2D eigenvalue weighted by Crippen LogP contribution is 2.19. The lowest BCUT2D eigenvalue weighted by atomic mass is 10.1. The predicted molar refractivity (Wildman–Crippen MR) is 62.7 cm³/mol. The molecule has 0 aliphatic heterocycles. The van der Waals surface area contributed by atoms with E-state index in [9.17, 15) is 4.39 Å². The number of ether oxygens (including phenoxy) is 1. The molecular weight excluding hydrogens is 205 g/mol. The normalized spacial score (nSPS) is 11.9. The average molecular weight is 221 g/mol. The summed E-state index contributed by atoms with van der Waals surface area (Å²) in [7, 11) is 1.45. The molecule has 1 N–H and O–H groups in total. The van der Waals surface area contributed by atoms with Crippen LogP contribution in [0.5, 0.6) is 5.75 Å². The van der Waals surface area contributed by atoms with Crippen molar-refractivity contribution >= 4 is 0 Å². The van der Waals surface area contributed by atoms with Crippen LogP contribution < -0.4 is 10.1 Å². The Balaban J connectivity index is 2.71. The summed E-state index contributed by atoms with van der Waals surface area (Å²) in [6.45, 7) is 2.39. The smallest absolute Gasteiger partial charge is 0.169 e. The first-order valence-electron chi connectivity index (χ1n) is 5.23. The van der Waals surface area contributed by atoms with Gasteiger partial charge in [0, 0.05) is 12.1 Å². The van der Waals surface area contributed by atoms with E-state index in [1.807, 2.05) is 6.92 Å². The number of rotatable bonds is 5. The van der Waals surface area contributed by atoms with E-state index >= 15 is 0 Å². The molecule has 0 heterocycles. The van der Waals surface area contributed by atoms with Gasteiger partial charge in [-0.3, -0.25) is 5.32 Å². The van der Waals surface area contributed by atoms with E-state index in [0.717, 1.165) is 6.42 Å². The zero-order valence-corrected chi connectivity index (χ0v) is 9.59. The Morgan fingerprint density at radius 2 is 2.31 bits per heavy atom. The Bertz CT molecular complexity index is 384. The number of terminal acetylenes is 1. The molecule has 0 amide bonds. The van der Waals surface area contributed by atoms with Crippen LogP contribution >= 0.6 is 0 Å². The molecule has 0 bridgehead atoms. The maximum absolute atomic E-state index is 13.7. The number of benzene rings is 1. The Morgan fingerprint density at radius 3 is 2.88 bits per heavy atom. The summed E-state index contributed by atoms with van der Waals surface area (Å²) in [5.74, 6) is 2.53. The van der Waals surface area contributed by atoms with Crippen LogP contribution in [0.1, 0.15) is 18.9 Å². The van der Waals surface area contributed by atoms with Crippen molar-refractivity contribution in [2.24, 2.45) is 0 Å². The molecule has 0 aliphatic carbocycles. The van der Waals surface area contributed by atoms with Crippen molar-refractivity contribution in [2.75, 3.05) is 7.11 Å².